The molecule has 3 rings (SSSR count). The van der Waals surface area contributed by atoms with E-state index in [9.17, 15) is 0 Å². The predicted molar refractivity (Wildman–Crippen MR) is 73.5 cm³/mol. The lowest BCUT2D eigenvalue weighted by atomic mass is 9.82. The lowest BCUT2D eigenvalue weighted by Crippen LogP contribution is -2.06. The third kappa shape index (κ3) is 2.03. The molecule has 0 saturated carbocycles. The van der Waals surface area contributed by atoms with Gasteiger partial charge in [0.05, 0.1) is 0 Å². The Morgan fingerprint density at radius 3 is 2.71 bits per heavy atom. The maximum absolute atomic E-state index is 2.37. The van der Waals surface area contributed by atoms with Crippen LogP contribution >= 0.6 is 0 Å². The van der Waals surface area contributed by atoms with Crippen LogP contribution in [0, 0.1) is 5.92 Å². The highest BCUT2D eigenvalue weighted by Crippen LogP contribution is 2.33. The Morgan fingerprint density at radius 2 is 1.88 bits per heavy atom. The largest absolute Gasteiger partial charge is 0.0757 e. The molecule has 1 aromatic rings. The minimum absolute atomic E-state index is 0.590. The number of hydrogen-bond donors (Lipinski definition) is 0. The van der Waals surface area contributed by atoms with Gasteiger partial charge in [0.1, 0.15) is 0 Å². The molecule has 2 aliphatic carbocycles. The molecule has 1 atom stereocenters. The van der Waals surface area contributed by atoms with E-state index < -0.39 is 0 Å². The quantitative estimate of drug-likeness (QED) is 0.652. The molecule has 0 bridgehead atoms. The van der Waals surface area contributed by atoms with Crippen molar-refractivity contribution in [3.8, 4) is 0 Å². The summed E-state index contributed by atoms with van der Waals surface area (Å²) in [5, 5.41) is 0. The van der Waals surface area contributed by atoms with Gasteiger partial charge in [0.15, 0.2) is 0 Å². The fourth-order valence-corrected chi connectivity index (χ4v) is 2.50. The SMILES string of the molecule is CC1=CC2CC=C(c3ccccc3)C=C2C=C1. The van der Waals surface area contributed by atoms with Gasteiger partial charge in [-0.2, -0.15) is 0 Å². The molecule has 0 heterocycles. The molecule has 1 unspecified atom stereocenters. The van der Waals surface area contributed by atoms with Gasteiger partial charge in [0.25, 0.3) is 0 Å². The highest BCUT2D eigenvalue weighted by Gasteiger charge is 2.16. The van der Waals surface area contributed by atoms with E-state index in [1.165, 1.54) is 22.3 Å². The van der Waals surface area contributed by atoms with Gasteiger partial charge in [-0.1, -0.05) is 66.3 Å². The average Bonchev–Trinajstić information content (AvgIpc) is 2.39. The van der Waals surface area contributed by atoms with Crippen molar-refractivity contribution >= 4 is 5.57 Å². The monoisotopic (exact) mass is 220 g/mol. The standard InChI is InChI=1S/C17H16/c1-13-7-8-17-12-16(10-9-15(17)11-13)14-5-3-2-4-6-14/h2-8,10-12,15H,9H2,1H3. The topological polar surface area (TPSA) is 0 Å². The number of hydrogen-bond acceptors (Lipinski definition) is 0. The molecule has 0 nitrogen and oxygen atoms in total. The summed E-state index contributed by atoms with van der Waals surface area (Å²) < 4.78 is 0. The van der Waals surface area contributed by atoms with E-state index in [2.05, 4.69) is 67.6 Å². The first kappa shape index (κ1) is 10.3. The summed E-state index contributed by atoms with van der Waals surface area (Å²) in [5.74, 6) is 0.590. The first-order valence-electron chi connectivity index (χ1n) is 6.16. The zero-order chi connectivity index (χ0) is 11.7. The van der Waals surface area contributed by atoms with Gasteiger partial charge in [-0.05, 0) is 30.1 Å². The Labute approximate surface area is 103 Å². The van der Waals surface area contributed by atoms with E-state index in [4.69, 9.17) is 0 Å². The minimum atomic E-state index is 0.590. The molecule has 0 heteroatoms. The van der Waals surface area contributed by atoms with Crippen LogP contribution in [0.15, 0.2) is 71.9 Å². The molecule has 0 N–H and O–H groups in total. The first-order valence-corrected chi connectivity index (χ1v) is 6.16. The summed E-state index contributed by atoms with van der Waals surface area (Å²) in [4.78, 5) is 0. The van der Waals surface area contributed by atoms with Crippen LogP contribution in [-0.2, 0) is 0 Å². The smallest absolute Gasteiger partial charge is 0.00587 e. The molecule has 17 heavy (non-hydrogen) atoms. The summed E-state index contributed by atoms with van der Waals surface area (Å²) >= 11 is 0. The second-order valence-corrected chi connectivity index (χ2v) is 4.76. The fourth-order valence-electron chi connectivity index (χ4n) is 2.50. The maximum atomic E-state index is 2.37. The van der Waals surface area contributed by atoms with Crippen LogP contribution in [0.25, 0.3) is 5.57 Å². The Kier molecular flexibility index (Phi) is 2.56. The Balaban J connectivity index is 1.94. The van der Waals surface area contributed by atoms with E-state index in [1.807, 2.05) is 0 Å². The Bertz CT molecular complexity index is 539. The van der Waals surface area contributed by atoms with Crippen molar-refractivity contribution in [2.75, 3.05) is 0 Å². The molecule has 0 saturated heterocycles. The van der Waals surface area contributed by atoms with E-state index in [0.717, 1.165) is 6.42 Å². The zero-order valence-corrected chi connectivity index (χ0v) is 10.1. The third-order valence-corrected chi connectivity index (χ3v) is 3.45. The molecular formula is C17H16. The van der Waals surface area contributed by atoms with Gasteiger partial charge < -0.3 is 0 Å². The van der Waals surface area contributed by atoms with Gasteiger partial charge in [0, 0.05) is 5.92 Å². The Morgan fingerprint density at radius 1 is 1.06 bits per heavy atom. The second kappa shape index (κ2) is 4.21. The summed E-state index contributed by atoms with van der Waals surface area (Å²) in [6, 6.07) is 10.6. The summed E-state index contributed by atoms with van der Waals surface area (Å²) in [7, 11) is 0. The summed E-state index contributed by atoms with van der Waals surface area (Å²) in [6.45, 7) is 2.17. The molecule has 1 aromatic carbocycles. The van der Waals surface area contributed by atoms with Crippen LogP contribution < -0.4 is 0 Å². The van der Waals surface area contributed by atoms with Crippen molar-refractivity contribution in [2.45, 2.75) is 13.3 Å². The molecule has 0 amide bonds. The average molecular weight is 220 g/mol. The second-order valence-electron chi connectivity index (χ2n) is 4.76. The Hall–Kier alpha value is -1.82. The summed E-state index contributed by atoms with van der Waals surface area (Å²) in [6.07, 6.45) is 12.6. The van der Waals surface area contributed by atoms with Crippen molar-refractivity contribution in [1.82, 2.24) is 0 Å². The van der Waals surface area contributed by atoms with Crippen molar-refractivity contribution in [1.29, 1.82) is 0 Å². The maximum Gasteiger partial charge on any atom is 0.00587 e. The molecule has 0 radical (unpaired) electrons. The third-order valence-electron chi connectivity index (χ3n) is 3.45. The predicted octanol–water partition coefficient (Wildman–Crippen LogP) is 4.53. The van der Waals surface area contributed by atoms with Gasteiger partial charge >= 0.3 is 0 Å². The fraction of sp³-hybridized carbons (Fsp3) is 0.176. The molecule has 0 spiro atoms. The minimum Gasteiger partial charge on any atom is -0.0757 e. The highest BCUT2D eigenvalue weighted by molar-refractivity contribution is 5.77. The molecule has 0 aliphatic heterocycles. The normalized spacial score (nSPS) is 22.4. The van der Waals surface area contributed by atoms with E-state index in [0.29, 0.717) is 5.92 Å². The van der Waals surface area contributed by atoms with Crippen LogP contribution in [0.3, 0.4) is 0 Å². The highest BCUT2D eigenvalue weighted by atomic mass is 14.2. The van der Waals surface area contributed by atoms with Gasteiger partial charge in [-0.3, -0.25) is 0 Å². The summed E-state index contributed by atoms with van der Waals surface area (Å²) in [5.41, 5.74) is 5.49. The van der Waals surface area contributed by atoms with Crippen LogP contribution in [0.4, 0.5) is 0 Å². The zero-order valence-electron chi connectivity index (χ0n) is 10.1. The van der Waals surface area contributed by atoms with Crippen LogP contribution in [0.1, 0.15) is 18.9 Å². The number of allylic oxidation sites excluding steroid dienone is 8. The van der Waals surface area contributed by atoms with E-state index in [-0.39, 0.29) is 0 Å². The van der Waals surface area contributed by atoms with E-state index >= 15 is 0 Å². The van der Waals surface area contributed by atoms with Crippen molar-refractivity contribution in [2.24, 2.45) is 5.92 Å². The molecule has 84 valence electrons. The number of benzene rings is 1. The lowest BCUT2D eigenvalue weighted by molar-refractivity contribution is 0.775. The molecule has 2 aliphatic rings. The number of rotatable bonds is 1. The van der Waals surface area contributed by atoms with Crippen molar-refractivity contribution in [3.63, 3.8) is 0 Å². The molecule has 0 aromatic heterocycles. The van der Waals surface area contributed by atoms with Crippen LogP contribution in [0.5, 0.6) is 0 Å². The van der Waals surface area contributed by atoms with E-state index in [1.54, 1.807) is 0 Å². The van der Waals surface area contributed by atoms with Crippen LogP contribution in [-0.4, -0.2) is 0 Å². The van der Waals surface area contributed by atoms with Crippen molar-refractivity contribution in [3.05, 3.63) is 77.4 Å². The molecular weight excluding hydrogens is 204 g/mol. The number of fused-ring (bicyclic) bond motifs is 1. The van der Waals surface area contributed by atoms with Gasteiger partial charge in [0.2, 0.25) is 0 Å². The van der Waals surface area contributed by atoms with Crippen LogP contribution in [0.2, 0.25) is 0 Å². The molecule has 0 fully saturated rings. The first-order chi connectivity index (χ1) is 8.33. The van der Waals surface area contributed by atoms with Gasteiger partial charge in [-0.15, -0.1) is 0 Å². The van der Waals surface area contributed by atoms with Crippen molar-refractivity contribution < 1.29 is 0 Å². The van der Waals surface area contributed by atoms with Gasteiger partial charge in [-0.25, -0.2) is 0 Å². The lowest BCUT2D eigenvalue weighted by Gasteiger charge is -2.22.